The summed E-state index contributed by atoms with van der Waals surface area (Å²) in [4.78, 5) is 6.49. The number of nitrogens with two attached hydrogens (primary N) is 1. The highest BCUT2D eigenvalue weighted by atomic mass is 16.4. The molecule has 4 heteroatoms. The van der Waals surface area contributed by atoms with Crippen molar-refractivity contribution in [1.82, 2.24) is 9.88 Å². The molecule has 2 rings (SSSR count). The zero-order chi connectivity index (χ0) is 10.1. The third kappa shape index (κ3) is 1.96. The van der Waals surface area contributed by atoms with Gasteiger partial charge < -0.3 is 15.1 Å². The maximum atomic E-state index is 5.95. The molecule has 0 aliphatic carbocycles. The van der Waals surface area contributed by atoms with Gasteiger partial charge >= 0.3 is 0 Å². The fourth-order valence-electron chi connectivity index (χ4n) is 2.11. The normalized spacial score (nSPS) is 29.4. The number of piperidine rings is 1. The van der Waals surface area contributed by atoms with Crippen LogP contribution in [0.15, 0.2) is 10.6 Å². The Morgan fingerprint density at radius 1 is 1.57 bits per heavy atom. The molecule has 1 saturated heterocycles. The van der Waals surface area contributed by atoms with Gasteiger partial charge in [0.2, 0.25) is 0 Å². The van der Waals surface area contributed by atoms with Gasteiger partial charge in [-0.2, -0.15) is 0 Å². The number of hydrogen-bond acceptors (Lipinski definition) is 4. The topological polar surface area (TPSA) is 55.3 Å². The lowest BCUT2D eigenvalue weighted by molar-refractivity contribution is 0.208. The monoisotopic (exact) mass is 195 g/mol. The number of nitrogens with zero attached hydrogens (tertiary/aromatic N) is 2. The first-order valence-corrected chi connectivity index (χ1v) is 5.01. The van der Waals surface area contributed by atoms with Gasteiger partial charge in [-0.3, -0.25) is 0 Å². The Morgan fingerprint density at radius 3 is 2.93 bits per heavy atom. The van der Waals surface area contributed by atoms with Crippen molar-refractivity contribution < 1.29 is 4.42 Å². The molecule has 0 saturated carbocycles. The van der Waals surface area contributed by atoms with Crippen molar-refractivity contribution in [2.24, 2.45) is 5.73 Å². The molecule has 1 aromatic heterocycles. The van der Waals surface area contributed by atoms with E-state index in [2.05, 4.69) is 16.9 Å². The number of aromatic nitrogens is 1. The van der Waals surface area contributed by atoms with Crippen LogP contribution in [0.4, 0.5) is 0 Å². The molecular formula is C10H17N3O. The number of oxazole rings is 1. The second-order valence-electron chi connectivity index (χ2n) is 4.22. The van der Waals surface area contributed by atoms with E-state index in [1.165, 1.54) is 0 Å². The van der Waals surface area contributed by atoms with Gasteiger partial charge in [0, 0.05) is 25.0 Å². The summed E-state index contributed by atoms with van der Waals surface area (Å²) in [6, 6.07) is 0.242. The molecule has 0 amide bonds. The molecule has 14 heavy (non-hydrogen) atoms. The molecule has 2 atom stereocenters. The molecule has 0 radical (unpaired) electrons. The predicted molar refractivity (Wildman–Crippen MR) is 54.1 cm³/mol. The van der Waals surface area contributed by atoms with E-state index in [1.807, 2.05) is 6.92 Å². The zero-order valence-electron chi connectivity index (χ0n) is 8.73. The fourth-order valence-corrected chi connectivity index (χ4v) is 2.11. The SMILES string of the molecule is Cc1cnc(C2CC(N)CN(C)C2)o1. The fraction of sp³-hybridized carbons (Fsp3) is 0.700. The van der Waals surface area contributed by atoms with E-state index in [-0.39, 0.29) is 6.04 Å². The van der Waals surface area contributed by atoms with Gasteiger partial charge in [0.25, 0.3) is 0 Å². The second-order valence-corrected chi connectivity index (χ2v) is 4.22. The number of hydrogen-bond donors (Lipinski definition) is 1. The molecule has 0 bridgehead atoms. The van der Waals surface area contributed by atoms with Crippen LogP contribution in [0.2, 0.25) is 0 Å². The van der Waals surface area contributed by atoms with Gasteiger partial charge in [-0.25, -0.2) is 4.98 Å². The smallest absolute Gasteiger partial charge is 0.198 e. The minimum atomic E-state index is 0.242. The molecule has 78 valence electrons. The Hall–Kier alpha value is -0.870. The summed E-state index contributed by atoms with van der Waals surface area (Å²) in [5.41, 5.74) is 5.95. The van der Waals surface area contributed by atoms with Crippen LogP contribution in [-0.4, -0.2) is 36.1 Å². The molecule has 1 aromatic rings. The first-order valence-electron chi connectivity index (χ1n) is 5.01. The Morgan fingerprint density at radius 2 is 2.36 bits per heavy atom. The van der Waals surface area contributed by atoms with Crippen molar-refractivity contribution in [3.63, 3.8) is 0 Å². The van der Waals surface area contributed by atoms with Gasteiger partial charge in [-0.15, -0.1) is 0 Å². The second kappa shape index (κ2) is 3.71. The summed E-state index contributed by atoms with van der Waals surface area (Å²) in [7, 11) is 2.09. The lowest BCUT2D eigenvalue weighted by Gasteiger charge is -2.32. The minimum Gasteiger partial charge on any atom is -0.446 e. The summed E-state index contributed by atoms with van der Waals surface area (Å²) in [5, 5.41) is 0. The first-order chi connectivity index (χ1) is 6.65. The van der Waals surface area contributed by atoms with Crippen LogP contribution in [0.25, 0.3) is 0 Å². The largest absolute Gasteiger partial charge is 0.446 e. The van der Waals surface area contributed by atoms with Crippen LogP contribution >= 0.6 is 0 Å². The van der Waals surface area contributed by atoms with Crippen LogP contribution in [0.1, 0.15) is 24.0 Å². The van der Waals surface area contributed by atoms with Crippen LogP contribution in [0, 0.1) is 6.92 Å². The van der Waals surface area contributed by atoms with Gasteiger partial charge in [0.1, 0.15) is 5.76 Å². The van der Waals surface area contributed by atoms with E-state index in [0.717, 1.165) is 31.2 Å². The average Bonchev–Trinajstić information content (AvgIpc) is 2.50. The highest BCUT2D eigenvalue weighted by molar-refractivity contribution is 5.01. The van der Waals surface area contributed by atoms with Crippen LogP contribution in [-0.2, 0) is 0 Å². The van der Waals surface area contributed by atoms with E-state index in [1.54, 1.807) is 6.20 Å². The van der Waals surface area contributed by atoms with Gasteiger partial charge in [0.05, 0.1) is 6.20 Å². The Bertz CT molecular complexity index is 300. The number of likely N-dealkylation sites (N-methyl/N-ethyl adjacent to an activating group) is 1. The van der Waals surface area contributed by atoms with E-state index in [4.69, 9.17) is 10.2 Å². The van der Waals surface area contributed by atoms with Crippen molar-refractivity contribution in [1.29, 1.82) is 0 Å². The Balaban J connectivity index is 2.10. The van der Waals surface area contributed by atoms with E-state index in [9.17, 15) is 0 Å². The maximum absolute atomic E-state index is 5.95. The molecule has 0 spiro atoms. The summed E-state index contributed by atoms with van der Waals surface area (Å²) in [6.07, 6.45) is 2.75. The summed E-state index contributed by atoms with van der Waals surface area (Å²) in [5.74, 6) is 2.07. The standard InChI is InChI=1S/C10H17N3O/c1-7-4-12-10(14-7)8-3-9(11)6-13(2)5-8/h4,8-9H,3,5-6,11H2,1-2H3. The molecule has 2 unspecified atom stereocenters. The lowest BCUT2D eigenvalue weighted by atomic mass is 9.95. The quantitative estimate of drug-likeness (QED) is 0.717. The van der Waals surface area contributed by atoms with Crippen LogP contribution < -0.4 is 5.73 Å². The van der Waals surface area contributed by atoms with E-state index in [0.29, 0.717) is 5.92 Å². The number of aryl methyl sites for hydroxylation is 1. The van der Waals surface area contributed by atoms with Crippen molar-refractivity contribution >= 4 is 0 Å². The molecule has 1 aliphatic heterocycles. The summed E-state index contributed by atoms with van der Waals surface area (Å²) < 4.78 is 5.53. The third-order valence-corrected chi connectivity index (χ3v) is 2.65. The predicted octanol–water partition coefficient (Wildman–Crippen LogP) is 0.729. The molecule has 2 N–H and O–H groups in total. The van der Waals surface area contributed by atoms with Crippen molar-refractivity contribution in [2.45, 2.75) is 25.3 Å². The highest BCUT2D eigenvalue weighted by Crippen LogP contribution is 2.25. The summed E-state index contributed by atoms with van der Waals surface area (Å²) >= 11 is 0. The number of rotatable bonds is 1. The van der Waals surface area contributed by atoms with E-state index >= 15 is 0 Å². The molecule has 1 aliphatic rings. The molecule has 4 nitrogen and oxygen atoms in total. The molecule has 1 fully saturated rings. The third-order valence-electron chi connectivity index (χ3n) is 2.65. The highest BCUT2D eigenvalue weighted by Gasteiger charge is 2.27. The minimum absolute atomic E-state index is 0.242. The maximum Gasteiger partial charge on any atom is 0.198 e. The Kier molecular flexibility index (Phi) is 2.56. The van der Waals surface area contributed by atoms with Crippen LogP contribution in [0.5, 0.6) is 0 Å². The molecule has 2 heterocycles. The average molecular weight is 195 g/mol. The van der Waals surface area contributed by atoms with Crippen molar-refractivity contribution in [2.75, 3.05) is 20.1 Å². The van der Waals surface area contributed by atoms with Crippen molar-refractivity contribution in [3.05, 3.63) is 17.8 Å². The van der Waals surface area contributed by atoms with Gasteiger partial charge in [-0.1, -0.05) is 0 Å². The van der Waals surface area contributed by atoms with Gasteiger partial charge in [0.15, 0.2) is 5.89 Å². The zero-order valence-corrected chi connectivity index (χ0v) is 8.73. The molecular weight excluding hydrogens is 178 g/mol. The molecule has 0 aromatic carbocycles. The lowest BCUT2D eigenvalue weighted by Crippen LogP contribution is -2.44. The first kappa shape index (κ1) is 9.68. The van der Waals surface area contributed by atoms with Gasteiger partial charge in [-0.05, 0) is 20.4 Å². The van der Waals surface area contributed by atoms with Crippen LogP contribution in [0.3, 0.4) is 0 Å². The van der Waals surface area contributed by atoms with Crippen molar-refractivity contribution in [3.8, 4) is 0 Å². The number of likely N-dealkylation sites (tertiary alicyclic amines) is 1. The Labute approximate surface area is 84.1 Å². The van der Waals surface area contributed by atoms with E-state index < -0.39 is 0 Å². The summed E-state index contributed by atoms with van der Waals surface area (Å²) in [6.45, 7) is 3.88.